The Bertz CT molecular complexity index is 159. The van der Waals surface area contributed by atoms with Crippen molar-refractivity contribution in [3.63, 3.8) is 0 Å². The maximum absolute atomic E-state index is 5.70. The molecule has 13 heavy (non-hydrogen) atoms. The highest BCUT2D eigenvalue weighted by atomic mass is 16.6. The van der Waals surface area contributed by atoms with Crippen LogP contribution in [0.2, 0.25) is 0 Å². The van der Waals surface area contributed by atoms with E-state index in [2.05, 4.69) is 11.8 Å². The quantitative estimate of drug-likeness (QED) is 0.610. The largest absolute Gasteiger partial charge is 0.377 e. The smallest absolute Gasteiger partial charge is 0.0936 e. The molecule has 0 saturated carbocycles. The fraction of sp³-hybridized carbons (Fsp3) is 1.00. The second-order valence-corrected chi connectivity index (χ2v) is 3.97. The molecule has 3 heteroatoms. The van der Waals surface area contributed by atoms with E-state index in [0.717, 1.165) is 32.7 Å². The van der Waals surface area contributed by atoms with Gasteiger partial charge < -0.3 is 9.47 Å². The molecular weight excluding hydrogens is 166 g/mol. The van der Waals surface area contributed by atoms with Crippen molar-refractivity contribution in [2.24, 2.45) is 0 Å². The highest BCUT2D eigenvalue weighted by Gasteiger charge is 2.27. The van der Waals surface area contributed by atoms with Gasteiger partial charge in [-0.25, -0.2) is 0 Å². The molecular formula is C10H19NO2. The van der Waals surface area contributed by atoms with Crippen molar-refractivity contribution in [3.05, 3.63) is 0 Å². The molecule has 0 N–H and O–H groups in total. The zero-order chi connectivity index (χ0) is 9.10. The normalized spacial score (nSPS) is 35.8. The van der Waals surface area contributed by atoms with Crippen molar-refractivity contribution in [2.75, 3.05) is 32.8 Å². The van der Waals surface area contributed by atoms with Crippen LogP contribution < -0.4 is 0 Å². The van der Waals surface area contributed by atoms with E-state index >= 15 is 0 Å². The predicted octanol–water partition coefficient (Wildman–Crippen LogP) is 0.886. The Morgan fingerprint density at radius 3 is 2.85 bits per heavy atom. The Labute approximate surface area is 80.0 Å². The molecule has 2 atom stereocenters. The fourth-order valence-electron chi connectivity index (χ4n) is 1.84. The summed E-state index contributed by atoms with van der Waals surface area (Å²) in [5.41, 5.74) is 0. The van der Waals surface area contributed by atoms with Gasteiger partial charge in [0.15, 0.2) is 0 Å². The lowest BCUT2D eigenvalue weighted by molar-refractivity contribution is 0.0511. The molecule has 0 bridgehead atoms. The zero-order valence-electron chi connectivity index (χ0n) is 8.37. The van der Waals surface area contributed by atoms with Crippen LogP contribution in [0.25, 0.3) is 0 Å². The summed E-state index contributed by atoms with van der Waals surface area (Å²) in [4.78, 5) is 2.48. The first-order chi connectivity index (χ1) is 6.38. The molecule has 3 nitrogen and oxygen atoms in total. The summed E-state index contributed by atoms with van der Waals surface area (Å²) in [6.45, 7) is 7.48. The first-order valence-corrected chi connectivity index (χ1v) is 5.34. The SMILES string of the molecule is CCC1CN(C[C@@H]2CO2)CCCO1. The molecule has 2 rings (SSSR count). The van der Waals surface area contributed by atoms with Gasteiger partial charge in [0.25, 0.3) is 0 Å². The molecule has 2 fully saturated rings. The molecule has 2 aliphatic heterocycles. The Morgan fingerprint density at radius 2 is 2.15 bits per heavy atom. The standard InChI is InChI=1S/C10H19NO2/c1-2-9-6-11(4-3-5-12-9)7-10-8-13-10/h9-10H,2-8H2,1H3/t9?,10-/m1/s1. The topological polar surface area (TPSA) is 25.0 Å². The fourth-order valence-corrected chi connectivity index (χ4v) is 1.84. The lowest BCUT2D eigenvalue weighted by Gasteiger charge is -2.21. The van der Waals surface area contributed by atoms with E-state index in [9.17, 15) is 0 Å². The van der Waals surface area contributed by atoms with Crippen molar-refractivity contribution in [3.8, 4) is 0 Å². The van der Waals surface area contributed by atoms with Crippen LogP contribution in [0.5, 0.6) is 0 Å². The number of rotatable bonds is 3. The first kappa shape index (κ1) is 9.44. The molecule has 0 amide bonds. The third kappa shape index (κ3) is 2.93. The minimum atomic E-state index is 0.446. The Balaban J connectivity index is 1.78. The van der Waals surface area contributed by atoms with Gasteiger partial charge in [-0.15, -0.1) is 0 Å². The zero-order valence-corrected chi connectivity index (χ0v) is 8.37. The second kappa shape index (κ2) is 4.40. The van der Waals surface area contributed by atoms with Crippen LogP contribution in [0.4, 0.5) is 0 Å². The average Bonchev–Trinajstić information content (AvgIpc) is 2.93. The third-order valence-corrected chi connectivity index (χ3v) is 2.75. The van der Waals surface area contributed by atoms with Gasteiger partial charge in [0.1, 0.15) is 0 Å². The molecule has 0 radical (unpaired) electrons. The Hall–Kier alpha value is -0.120. The minimum Gasteiger partial charge on any atom is -0.377 e. The van der Waals surface area contributed by atoms with Gasteiger partial charge in [0, 0.05) is 26.2 Å². The number of hydrogen-bond acceptors (Lipinski definition) is 3. The molecule has 0 aliphatic carbocycles. The van der Waals surface area contributed by atoms with E-state index in [1.165, 1.54) is 13.0 Å². The molecule has 2 saturated heterocycles. The molecule has 2 aliphatic rings. The number of hydrogen-bond donors (Lipinski definition) is 0. The van der Waals surface area contributed by atoms with Gasteiger partial charge in [-0.3, -0.25) is 4.90 Å². The summed E-state index contributed by atoms with van der Waals surface area (Å²) in [7, 11) is 0. The van der Waals surface area contributed by atoms with Gasteiger partial charge in [0.05, 0.1) is 18.8 Å². The van der Waals surface area contributed by atoms with E-state index in [1.807, 2.05) is 0 Å². The average molecular weight is 185 g/mol. The molecule has 0 aromatic rings. The minimum absolute atomic E-state index is 0.446. The maximum Gasteiger partial charge on any atom is 0.0936 e. The van der Waals surface area contributed by atoms with Gasteiger partial charge in [-0.05, 0) is 12.8 Å². The van der Waals surface area contributed by atoms with Gasteiger partial charge >= 0.3 is 0 Å². The van der Waals surface area contributed by atoms with Gasteiger partial charge in [-0.2, -0.15) is 0 Å². The van der Waals surface area contributed by atoms with Crippen molar-refractivity contribution in [1.82, 2.24) is 4.90 Å². The van der Waals surface area contributed by atoms with Crippen molar-refractivity contribution >= 4 is 0 Å². The first-order valence-electron chi connectivity index (χ1n) is 5.34. The number of nitrogens with zero attached hydrogens (tertiary/aromatic N) is 1. The molecule has 76 valence electrons. The molecule has 1 unspecified atom stereocenters. The van der Waals surface area contributed by atoms with Crippen LogP contribution >= 0.6 is 0 Å². The summed E-state index contributed by atoms with van der Waals surface area (Å²) in [6.07, 6.45) is 3.27. The van der Waals surface area contributed by atoms with Crippen LogP contribution in [0, 0.1) is 0 Å². The third-order valence-electron chi connectivity index (χ3n) is 2.75. The van der Waals surface area contributed by atoms with Crippen LogP contribution in [0.1, 0.15) is 19.8 Å². The van der Waals surface area contributed by atoms with Crippen molar-refractivity contribution < 1.29 is 9.47 Å². The van der Waals surface area contributed by atoms with Crippen LogP contribution in [0.15, 0.2) is 0 Å². The summed E-state index contributed by atoms with van der Waals surface area (Å²) in [5, 5.41) is 0. The summed E-state index contributed by atoms with van der Waals surface area (Å²) >= 11 is 0. The monoisotopic (exact) mass is 185 g/mol. The lowest BCUT2D eigenvalue weighted by atomic mass is 10.2. The van der Waals surface area contributed by atoms with E-state index in [-0.39, 0.29) is 0 Å². The Kier molecular flexibility index (Phi) is 3.19. The predicted molar refractivity (Wildman–Crippen MR) is 50.8 cm³/mol. The molecule has 0 spiro atoms. The highest BCUT2D eigenvalue weighted by Crippen LogP contribution is 2.14. The second-order valence-electron chi connectivity index (χ2n) is 3.97. The van der Waals surface area contributed by atoms with Crippen LogP contribution in [0.3, 0.4) is 0 Å². The van der Waals surface area contributed by atoms with Crippen molar-refractivity contribution in [1.29, 1.82) is 0 Å². The lowest BCUT2D eigenvalue weighted by Crippen LogP contribution is -2.34. The van der Waals surface area contributed by atoms with Crippen LogP contribution in [-0.2, 0) is 9.47 Å². The van der Waals surface area contributed by atoms with Gasteiger partial charge in [-0.1, -0.05) is 6.92 Å². The molecule has 0 aromatic heterocycles. The highest BCUT2D eigenvalue weighted by molar-refractivity contribution is 4.77. The van der Waals surface area contributed by atoms with Crippen LogP contribution in [-0.4, -0.2) is 50.0 Å². The van der Waals surface area contributed by atoms with Gasteiger partial charge in [0.2, 0.25) is 0 Å². The summed E-state index contributed by atoms with van der Waals surface area (Å²) in [6, 6.07) is 0. The van der Waals surface area contributed by atoms with E-state index in [4.69, 9.17) is 9.47 Å². The molecule has 2 heterocycles. The summed E-state index contributed by atoms with van der Waals surface area (Å²) in [5.74, 6) is 0. The van der Waals surface area contributed by atoms with E-state index in [1.54, 1.807) is 0 Å². The van der Waals surface area contributed by atoms with Crippen molar-refractivity contribution in [2.45, 2.75) is 32.0 Å². The summed E-state index contributed by atoms with van der Waals surface area (Å²) < 4.78 is 10.9. The molecule has 0 aromatic carbocycles. The number of ether oxygens (including phenoxy) is 2. The van der Waals surface area contributed by atoms with E-state index in [0.29, 0.717) is 12.2 Å². The maximum atomic E-state index is 5.70. The van der Waals surface area contributed by atoms with E-state index < -0.39 is 0 Å². The number of epoxide rings is 1. The Morgan fingerprint density at radius 1 is 1.31 bits per heavy atom.